The van der Waals surface area contributed by atoms with Crippen molar-refractivity contribution in [1.82, 2.24) is 4.90 Å². The van der Waals surface area contributed by atoms with E-state index in [1.54, 1.807) is 0 Å². The van der Waals surface area contributed by atoms with E-state index in [-0.39, 0.29) is 11.8 Å². The highest BCUT2D eigenvalue weighted by atomic mass is 16.5. The highest BCUT2D eigenvalue weighted by Crippen LogP contribution is 2.40. The lowest BCUT2D eigenvalue weighted by molar-refractivity contribution is -0.0278. The summed E-state index contributed by atoms with van der Waals surface area (Å²) in [6.07, 6.45) is 0.139. The SMILES string of the molecule is CCN1CC(c2ccccc2)(c2ccccc2)O[C@H]1C. The summed E-state index contributed by atoms with van der Waals surface area (Å²) < 4.78 is 6.45. The predicted octanol–water partition coefficient (Wildman–Crippen LogP) is 3.63. The second kappa shape index (κ2) is 5.39. The van der Waals surface area contributed by atoms with E-state index in [4.69, 9.17) is 4.74 Å². The molecule has 0 bridgehead atoms. The number of nitrogens with zero attached hydrogens (tertiary/aromatic N) is 1. The minimum Gasteiger partial charge on any atom is -0.346 e. The Morgan fingerprint density at radius 1 is 1.00 bits per heavy atom. The van der Waals surface area contributed by atoms with Crippen molar-refractivity contribution < 1.29 is 4.74 Å². The van der Waals surface area contributed by atoms with Crippen LogP contribution in [0.1, 0.15) is 25.0 Å². The zero-order chi connectivity index (χ0) is 14.0. The van der Waals surface area contributed by atoms with Crippen molar-refractivity contribution in [3.05, 3.63) is 71.8 Å². The fourth-order valence-electron chi connectivity index (χ4n) is 3.09. The molecule has 0 unspecified atom stereocenters. The molecular formula is C18H21NO. The molecule has 0 radical (unpaired) electrons. The number of ether oxygens (including phenoxy) is 1. The average molecular weight is 267 g/mol. The Labute approximate surface area is 121 Å². The van der Waals surface area contributed by atoms with Crippen molar-refractivity contribution in [1.29, 1.82) is 0 Å². The summed E-state index contributed by atoms with van der Waals surface area (Å²) in [5.41, 5.74) is 2.11. The molecule has 1 saturated heterocycles. The van der Waals surface area contributed by atoms with Gasteiger partial charge in [-0.25, -0.2) is 0 Å². The lowest BCUT2D eigenvalue weighted by atomic mass is 9.86. The van der Waals surface area contributed by atoms with E-state index in [0.717, 1.165) is 13.1 Å². The van der Waals surface area contributed by atoms with Crippen LogP contribution in [0.15, 0.2) is 60.7 Å². The fraction of sp³-hybridized carbons (Fsp3) is 0.333. The Kier molecular flexibility index (Phi) is 3.60. The molecule has 1 atom stereocenters. The van der Waals surface area contributed by atoms with E-state index in [2.05, 4.69) is 79.4 Å². The molecule has 1 aliphatic heterocycles. The van der Waals surface area contributed by atoms with Crippen molar-refractivity contribution in [2.24, 2.45) is 0 Å². The van der Waals surface area contributed by atoms with Crippen molar-refractivity contribution >= 4 is 0 Å². The Morgan fingerprint density at radius 3 is 1.90 bits per heavy atom. The van der Waals surface area contributed by atoms with Crippen LogP contribution in [-0.4, -0.2) is 24.2 Å². The first-order valence-corrected chi connectivity index (χ1v) is 7.29. The quantitative estimate of drug-likeness (QED) is 0.842. The zero-order valence-corrected chi connectivity index (χ0v) is 12.1. The zero-order valence-electron chi connectivity index (χ0n) is 12.1. The van der Waals surface area contributed by atoms with Gasteiger partial charge in [0, 0.05) is 6.54 Å². The van der Waals surface area contributed by atoms with Gasteiger partial charge in [-0.05, 0) is 24.6 Å². The smallest absolute Gasteiger partial charge is 0.133 e. The van der Waals surface area contributed by atoms with Crippen LogP contribution < -0.4 is 0 Å². The van der Waals surface area contributed by atoms with Gasteiger partial charge >= 0.3 is 0 Å². The van der Waals surface area contributed by atoms with Crippen LogP contribution in [-0.2, 0) is 10.3 Å². The molecular weight excluding hydrogens is 246 g/mol. The third-order valence-corrected chi connectivity index (χ3v) is 4.20. The van der Waals surface area contributed by atoms with Crippen molar-refractivity contribution in [2.45, 2.75) is 25.7 Å². The standard InChI is InChI=1S/C18H21NO/c1-3-19-14-18(20-15(19)2,16-10-6-4-7-11-16)17-12-8-5-9-13-17/h4-13,15H,3,14H2,1-2H3/t15-/m0/s1. The number of hydrogen-bond acceptors (Lipinski definition) is 2. The highest BCUT2D eigenvalue weighted by molar-refractivity contribution is 5.38. The van der Waals surface area contributed by atoms with Crippen molar-refractivity contribution in [2.75, 3.05) is 13.1 Å². The van der Waals surface area contributed by atoms with E-state index in [1.807, 2.05) is 0 Å². The number of rotatable bonds is 3. The van der Waals surface area contributed by atoms with Crippen LogP contribution >= 0.6 is 0 Å². The summed E-state index contributed by atoms with van der Waals surface area (Å²) in [6, 6.07) is 21.1. The molecule has 20 heavy (non-hydrogen) atoms. The second-order valence-corrected chi connectivity index (χ2v) is 5.34. The minimum absolute atomic E-state index is 0.139. The van der Waals surface area contributed by atoms with E-state index >= 15 is 0 Å². The first kappa shape index (κ1) is 13.3. The first-order chi connectivity index (χ1) is 9.76. The summed E-state index contributed by atoms with van der Waals surface area (Å²) >= 11 is 0. The van der Waals surface area contributed by atoms with Crippen LogP contribution in [0, 0.1) is 0 Å². The third kappa shape index (κ3) is 2.15. The monoisotopic (exact) mass is 267 g/mol. The minimum atomic E-state index is -0.349. The summed E-state index contributed by atoms with van der Waals surface area (Å²) in [7, 11) is 0. The lowest BCUT2D eigenvalue weighted by Crippen LogP contribution is -2.33. The normalized spacial score (nSPS) is 22.0. The van der Waals surface area contributed by atoms with Gasteiger partial charge in [0.15, 0.2) is 0 Å². The molecule has 1 heterocycles. The molecule has 2 aromatic rings. The topological polar surface area (TPSA) is 12.5 Å². The molecule has 3 rings (SSSR count). The second-order valence-electron chi connectivity index (χ2n) is 5.34. The van der Waals surface area contributed by atoms with E-state index in [0.29, 0.717) is 0 Å². The molecule has 2 nitrogen and oxygen atoms in total. The first-order valence-electron chi connectivity index (χ1n) is 7.29. The Hall–Kier alpha value is -1.64. The maximum Gasteiger partial charge on any atom is 0.133 e. The number of hydrogen-bond donors (Lipinski definition) is 0. The van der Waals surface area contributed by atoms with Gasteiger partial charge in [-0.3, -0.25) is 4.90 Å². The molecule has 0 aliphatic carbocycles. The highest BCUT2D eigenvalue weighted by Gasteiger charge is 2.45. The third-order valence-electron chi connectivity index (χ3n) is 4.20. The lowest BCUT2D eigenvalue weighted by Gasteiger charge is -2.29. The summed E-state index contributed by atoms with van der Waals surface area (Å²) in [4.78, 5) is 2.38. The molecule has 0 N–H and O–H groups in total. The largest absolute Gasteiger partial charge is 0.346 e. The van der Waals surface area contributed by atoms with Crippen LogP contribution in [0.2, 0.25) is 0 Å². The van der Waals surface area contributed by atoms with Crippen LogP contribution in [0.5, 0.6) is 0 Å². The summed E-state index contributed by atoms with van der Waals surface area (Å²) in [5, 5.41) is 0. The van der Waals surface area contributed by atoms with E-state index in [1.165, 1.54) is 11.1 Å². The Bertz CT molecular complexity index is 513. The summed E-state index contributed by atoms with van der Waals surface area (Å²) in [5.74, 6) is 0. The van der Waals surface area contributed by atoms with Gasteiger partial charge in [-0.2, -0.15) is 0 Å². The average Bonchev–Trinajstić information content (AvgIpc) is 2.87. The molecule has 0 saturated carbocycles. The van der Waals surface area contributed by atoms with Gasteiger partial charge in [0.2, 0.25) is 0 Å². The van der Waals surface area contributed by atoms with E-state index < -0.39 is 0 Å². The van der Waals surface area contributed by atoms with Gasteiger partial charge in [0.25, 0.3) is 0 Å². The van der Waals surface area contributed by atoms with Gasteiger partial charge in [-0.15, -0.1) is 0 Å². The molecule has 2 aromatic carbocycles. The number of benzene rings is 2. The Morgan fingerprint density at radius 2 is 1.50 bits per heavy atom. The van der Waals surface area contributed by atoms with Crippen molar-refractivity contribution in [3.63, 3.8) is 0 Å². The Balaban J connectivity index is 2.10. The van der Waals surface area contributed by atoms with E-state index in [9.17, 15) is 0 Å². The fourth-order valence-corrected chi connectivity index (χ4v) is 3.09. The van der Waals surface area contributed by atoms with Gasteiger partial charge < -0.3 is 4.74 Å². The summed E-state index contributed by atoms with van der Waals surface area (Å²) in [6.45, 7) is 6.23. The predicted molar refractivity (Wildman–Crippen MR) is 81.5 cm³/mol. The van der Waals surface area contributed by atoms with Crippen LogP contribution in [0.25, 0.3) is 0 Å². The van der Waals surface area contributed by atoms with Gasteiger partial charge in [-0.1, -0.05) is 67.6 Å². The van der Waals surface area contributed by atoms with Gasteiger partial charge in [0.05, 0.1) is 0 Å². The van der Waals surface area contributed by atoms with Crippen LogP contribution in [0.4, 0.5) is 0 Å². The molecule has 0 spiro atoms. The maximum absolute atomic E-state index is 6.45. The number of likely N-dealkylation sites (N-methyl/N-ethyl adjacent to an activating group) is 1. The molecule has 0 amide bonds. The van der Waals surface area contributed by atoms with Crippen LogP contribution in [0.3, 0.4) is 0 Å². The molecule has 2 heteroatoms. The molecule has 0 aromatic heterocycles. The van der Waals surface area contributed by atoms with Crippen molar-refractivity contribution in [3.8, 4) is 0 Å². The molecule has 1 aliphatic rings. The molecule has 1 fully saturated rings. The molecule has 104 valence electrons. The van der Waals surface area contributed by atoms with Gasteiger partial charge in [0.1, 0.15) is 11.8 Å². The maximum atomic E-state index is 6.45.